The van der Waals surface area contributed by atoms with Crippen LogP contribution in [-0.4, -0.2) is 6.71 Å². The third kappa shape index (κ3) is 5.98. The van der Waals surface area contributed by atoms with Gasteiger partial charge in [0.25, 0.3) is 6.71 Å². The molecule has 0 unspecified atom stereocenters. The maximum Gasteiger partial charge on any atom is 0.252 e. The van der Waals surface area contributed by atoms with Crippen LogP contribution >= 0.6 is 0 Å². The Bertz CT molecular complexity index is 3050. The number of benzene rings is 7. The van der Waals surface area contributed by atoms with Crippen molar-refractivity contribution in [3.63, 3.8) is 0 Å². The average molecular weight is 810 g/mol. The van der Waals surface area contributed by atoms with Gasteiger partial charge in [-0.15, -0.1) is 0 Å². The van der Waals surface area contributed by atoms with Crippen LogP contribution in [-0.2, 0) is 21.7 Å². The summed E-state index contributed by atoms with van der Waals surface area (Å²) < 4.78 is 27.3. The molecule has 308 valence electrons. The molecule has 3 heteroatoms. The van der Waals surface area contributed by atoms with Crippen LogP contribution in [0.15, 0.2) is 146 Å². The molecule has 0 saturated heterocycles. The quantitative estimate of drug-likeness (QED) is 0.163. The van der Waals surface area contributed by atoms with Gasteiger partial charge in [-0.25, -0.2) is 0 Å². The lowest BCUT2D eigenvalue weighted by atomic mass is 9.33. The molecule has 2 heterocycles. The minimum absolute atomic E-state index is 0.0141. The van der Waals surface area contributed by atoms with Crippen molar-refractivity contribution in [1.82, 2.24) is 0 Å². The molecule has 4 aliphatic rings. The molecule has 0 fully saturated rings. The van der Waals surface area contributed by atoms with Crippen molar-refractivity contribution in [3.8, 4) is 22.3 Å². The first-order valence-electron chi connectivity index (χ1n) is 24.3. The third-order valence-corrected chi connectivity index (χ3v) is 15.5. The van der Waals surface area contributed by atoms with E-state index in [0.717, 1.165) is 87.5 Å². The van der Waals surface area contributed by atoms with E-state index in [1.165, 1.54) is 33.2 Å². The summed E-state index contributed by atoms with van der Waals surface area (Å²) in [5.74, 6) is 0. The lowest BCUT2D eigenvalue weighted by Gasteiger charge is -2.48. The molecular formula is C59H59BN2. The summed E-state index contributed by atoms with van der Waals surface area (Å²) in [4.78, 5) is 4.82. The van der Waals surface area contributed by atoms with Crippen LogP contribution in [0.3, 0.4) is 0 Å². The summed E-state index contributed by atoms with van der Waals surface area (Å²) in [6.07, 6.45) is 4.46. The highest BCUT2D eigenvalue weighted by atomic mass is 15.2. The lowest BCUT2D eigenvalue weighted by Crippen LogP contribution is -2.62. The Balaban J connectivity index is 1.27. The molecule has 0 N–H and O–H groups in total. The number of fused-ring (bicyclic) bond motifs is 6. The Morgan fingerprint density at radius 3 is 1.50 bits per heavy atom. The van der Waals surface area contributed by atoms with Crippen molar-refractivity contribution in [1.29, 1.82) is 0 Å². The van der Waals surface area contributed by atoms with Crippen LogP contribution < -0.4 is 26.2 Å². The maximum atomic E-state index is 9.09. The van der Waals surface area contributed by atoms with E-state index in [1.807, 2.05) is 12.1 Å². The van der Waals surface area contributed by atoms with E-state index < -0.39 is 6.85 Å². The van der Waals surface area contributed by atoms with E-state index in [1.54, 1.807) is 0 Å². The lowest BCUT2D eigenvalue weighted by molar-refractivity contribution is 0.332. The number of nitrogens with zero attached hydrogens (tertiary/aromatic N) is 2. The van der Waals surface area contributed by atoms with Gasteiger partial charge in [0.15, 0.2) is 0 Å². The second kappa shape index (κ2) is 13.6. The molecular weight excluding hydrogens is 747 g/mol. The molecule has 2 aliphatic carbocycles. The second-order valence-corrected chi connectivity index (χ2v) is 21.3. The zero-order chi connectivity index (χ0) is 45.4. The fourth-order valence-corrected chi connectivity index (χ4v) is 11.6. The standard InChI is InChI=1S/C59H59BN2/c1-38-31-53-55-54(32-38)62(44-24-25-45-46(35-44)57(4,5)28-27-56(45,2)3)52-37-48-47(58(6,7)29-30-59(48,8)9)36-50(52)60(55)49-26-23-42(40-19-14-11-15-20-40)34-51(49)61(53)43-22-16-21-41(33-43)39-17-12-10-13-18-39/h10-26,31-37H,27-30H2,1-9H3/i1D3. The second-order valence-electron chi connectivity index (χ2n) is 21.3. The summed E-state index contributed by atoms with van der Waals surface area (Å²) in [6.45, 7) is 16.7. The van der Waals surface area contributed by atoms with Crippen molar-refractivity contribution in [2.45, 2.75) is 110 Å². The summed E-state index contributed by atoms with van der Waals surface area (Å²) in [5, 5.41) is 0. The highest BCUT2D eigenvalue weighted by Crippen LogP contribution is 2.53. The summed E-state index contributed by atoms with van der Waals surface area (Å²) >= 11 is 0. The summed E-state index contributed by atoms with van der Waals surface area (Å²) in [6, 6.07) is 53.1. The van der Waals surface area contributed by atoms with Gasteiger partial charge in [0.1, 0.15) is 0 Å². The smallest absolute Gasteiger partial charge is 0.252 e. The summed E-state index contributed by atoms with van der Waals surface area (Å²) in [7, 11) is 0. The molecule has 2 nitrogen and oxygen atoms in total. The molecule has 0 aromatic heterocycles. The molecule has 7 aromatic rings. The molecule has 7 aromatic carbocycles. The minimum atomic E-state index is -2.36. The molecule has 62 heavy (non-hydrogen) atoms. The number of anilines is 6. The Morgan fingerprint density at radius 1 is 0.403 bits per heavy atom. The van der Waals surface area contributed by atoms with Crippen molar-refractivity contribution in [2.24, 2.45) is 0 Å². The monoisotopic (exact) mass is 809 g/mol. The van der Waals surface area contributed by atoms with Gasteiger partial charge in [0.05, 0.1) is 0 Å². The highest BCUT2D eigenvalue weighted by molar-refractivity contribution is 7.00. The van der Waals surface area contributed by atoms with Gasteiger partial charge in [-0.2, -0.15) is 0 Å². The van der Waals surface area contributed by atoms with Crippen molar-refractivity contribution < 1.29 is 4.11 Å². The van der Waals surface area contributed by atoms with Gasteiger partial charge in [0, 0.05) is 38.2 Å². The fraction of sp³-hybridized carbons (Fsp3) is 0.288. The zero-order valence-corrected chi connectivity index (χ0v) is 37.7. The van der Waals surface area contributed by atoms with Gasteiger partial charge >= 0.3 is 0 Å². The van der Waals surface area contributed by atoms with E-state index in [2.05, 4.69) is 199 Å². The van der Waals surface area contributed by atoms with E-state index in [4.69, 9.17) is 4.11 Å². The van der Waals surface area contributed by atoms with E-state index >= 15 is 0 Å². The minimum Gasteiger partial charge on any atom is -0.311 e. The molecule has 0 spiro atoms. The predicted octanol–water partition coefficient (Wildman–Crippen LogP) is 14.1. The molecule has 2 aliphatic heterocycles. The first-order chi connectivity index (χ1) is 30.8. The normalized spacial score (nSPS) is 19.2. The Hall–Kier alpha value is -5.80. The van der Waals surface area contributed by atoms with Crippen molar-refractivity contribution >= 4 is 57.2 Å². The first-order valence-corrected chi connectivity index (χ1v) is 22.8. The van der Waals surface area contributed by atoms with E-state index in [9.17, 15) is 0 Å². The predicted molar refractivity (Wildman–Crippen MR) is 267 cm³/mol. The molecule has 0 radical (unpaired) electrons. The molecule has 0 atom stereocenters. The van der Waals surface area contributed by atoms with Gasteiger partial charge in [-0.05, 0) is 169 Å². The van der Waals surface area contributed by atoms with Gasteiger partial charge in [-0.3, -0.25) is 0 Å². The van der Waals surface area contributed by atoms with Crippen molar-refractivity contribution in [2.75, 3.05) is 9.80 Å². The Labute approximate surface area is 375 Å². The summed E-state index contributed by atoms with van der Waals surface area (Å²) in [5.41, 5.74) is 20.2. The number of hydrogen-bond donors (Lipinski definition) is 0. The number of hydrogen-bond acceptors (Lipinski definition) is 2. The van der Waals surface area contributed by atoms with Crippen LogP contribution in [0.1, 0.15) is 113 Å². The van der Waals surface area contributed by atoms with Crippen molar-refractivity contribution in [3.05, 3.63) is 173 Å². The van der Waals surface area contributed by atoms with Gasteiger partial charge < -0.3 is 9.80 Å². The average Bonchev–Trinajstić information content (AvgIpc) is 3.29. The topological polar surface area (TPSA) is 6.48 Å². The number of rotatable bonds is 4. The Kier molecular flexibility index (Phi) is 7.85. The molecule has 0 saturated carbocycles. The van der Waals surface area contributed by atoms with Gasteiger partial charge in [0.2, 0.25) is 0 Å². The SMILES string of the molecule is [2H]C([2H])([2H])c1cc2c3c(c1)N(c1ccc4c(c1)C(C)(C)CCC4(C)C)c1cc4c(cc1B3c1ccc(-c3ccccc3)cc1N2c1cccc(-c2ccccc2)c1)C(C)(C)CCC4(C)C. The molecule has 11 rings (SSSR count). The third-order valence-electron chi connectivity index (χ3n) is 15.5. The van der Waals surface area contributed by atoms with E-state index in [-0.39, 0.29) is 28.4 Å². The Morgan fingerprint density at radius 2 is 0.903 bits per heavy atom. The van der Waals surface area contributed by atoms with Crippen LogP contribution in [0.4, 0.5) is 34.1 Å². The highest BCUT2D eigenvalue weighted by Gasteiger charge is 2.47. The maximum absolute atomic E-state index is 9.09. The van der Waals surface area contributed by atoms with Gasteiger partial charge in [-0.1, -0.05) is 152 Å². The van der Waals surface area contributed by atoms with Crippen LogP contribution in [0.5, 0.6) is 0 Å². The largest absolute Gasteiger partial charge is 0.311 e. The van der Waals surface area contributed by atoms with Crippen LogP contribution in [0.25, 0.3) is 22.3 Å². The first kappa shape index (κ1) is 35.8. The van der Waals surface area contributed by atoms with Crippen LogP contribution in [0.2, 0.25) is 0 Å². The van der Waals surface area contributed by atoms with E-state index in [0.29, 0.717) is 5.56 Å². The molecule has 0 amide bonds. The number of aryl methyl sites for hydroxylation is 1. The fourth-order valence-electron chi connectivity index (χ4n) is 11.6. The van der Waals surface area contributed by atoms with Crippen LogP contribution in [0, 0.1) is 6.85 Å². The molecule has 0 bridgehead atoms. The zero-order valence-electron chi connectivity index (χ0n) is 40.7.